The SMILES string of the molecule is CC(C)NC(=O)NC1CS(=O)(=O)CC1Cl. The molecule has 2 unspecified atom stereocenters. The van der Waals surface area contributed by atoms with E-state index in [9.17, 15) is 13.2 Å². The molecule has 2 N–H and O–H groups in total. The number of urea groups is 1. The van der Waals surface area contributed by atoms with Gasteiger partial charge in [-0.15, -0.1) is 11.6 Å². The smallest absolute Gasteiger partial charge is 0.315 e. The lowest BCUT2D eigenvalue weighted by atomic mass is 10.2. The average Bonchev–Trinajstić information content (AvgIpc) is 2.22. The fourth-order valence-corrected chi connectivity index (χ4v) is 3.96. The molecular formula is C8H15ClN2O3S. The van der Waals surface area contributed by atoms with Crippen LogP contribution < -0.4 is 10.6 Å². The normalized spacial score (nSPS) is 29.1. The molecule has 88 valence electrons. The van der Waals surface area contributed by atoms with E-state index >= 15 is 0 Å². The van der Waals surface area contributed by atoms with E-state index in [0.29, 0.717) is 0 Å². The van der Waals surface area contributed by atoms with Crippen LogP contribution in [0.2, 0.25) is 0 Å². The van der Waals surface area contributed by atoms with Gasteiger partial charge in [0.25, 0.3) is 0 Å². The molecule has 0 aromatic carbocycles. The van der Waals surface area contributed by atoms with Crippen LogP contribution in [-0.4, -0.2) is 43.4 Å². The first-order valence-corrected chi connectivity index (χ1v) is 6.97. The summed E-state index contributed by atoms with van der Waals surface area (Å²) in [5, 5.41) is 4.63. The molecule has 1 rings (SSSR count). The highest BCUT2D eigenvalue weighted by Gasteiger charge is 2.37. The van der Waals surface area contributed by atoms with E-state index in [4.69, 9.17) is 11.6 Å². The lowest BCUT2D eigenvalue weighted by Gasteiger charge is -2.16. The van der Waals surface area contributed by atoms with E-state index in [1.54, 1.807) is 0 Å². The number of hydrogen-bond donors (Lipinski definition) is 2. The minimum absolute atomic E-state index is 0.0109. The summed E-state index contributed by atoms with van der Waals surface area (Å²) in [4.78, 5) is 11.3. The second kappa shape index (κ2) is 4.57. The third kappa shape index (κ3) is 3.87. The van der Waals surface area contributed by atoms with Gasteiger partial charge in [-0.2, -0.15) is 0 Å². The number of carbonyl (C=O) groups excluding carboxylic acids is 1. The number of carbonyl (C=O) groups is 1. The Labute approximate surface area is 94.5 Å². The van der Waals surface area contributed by atoms with Crippen molar-refractivity contribution in [3.8, 4) is 0 Å². The van der Waals surface area contributed by atoms with Crippen LogP contribution in [0.25, 0.3) is 0 Å². The Bertz CT molecular complexity index is 342. The Morgan fingerprint density at radius 3 is 2.40 bits per heavy atom. The summed E-state index contributed by atoms with van der Waals surface area (Å²) in [6.45, 7) is 3.65. The predicted molar refractivity (Wildman–Crippen MR) is 58.9 cm³/mol. The molecule has 15 heavy (non-hydrogen) atoms. The van der Waals surface area contributed by atoms with Gasteiger partial charge in [0.15, 0.2) is 9.84 Å². The van der Waals surface area contributed by atoms with Gasteiger partial charge < -0.3 is 10.6 Å². The van der Waals surface area contributed by atoms with E-state index in [2.05, 4.69) is 10.6 Å². The van der Waals surface area contributed by atoms with Crippen LogP contribution >= 0.6 is 11.6 Å². The molecule has 7 heteroatoms. The number of nitrogens with one attached hydrogen (secondary N) is 2. The topological polar surface area (TPSA) is 75.3 Å². The molecular weight excluding hydrogens is 240 g/mol. The van der Waals surface area contributed by atoms with E-state index in [1.807, 2.05) is 13.8 Å². The number of alkyl halides is 1. The molecule has 5 nitrogen and oxygen atoms in total. The van der Waals surface area contributed by atoms with Crippen LogP contribution in [0.15, 0.2) is 0 Å². The molecule has 2 atom stereocenters. The summed E-state index contributed by atoms with van der Waals surface area (Å²) in [7, 11) is -3.09. The third-order valence-electron chi connectivity index (χ3n) is 2.02. The Hall–Kier alpha value is -0.490. The zero-order valence-corrected chi connectivity index (χ0v) is 10.2. The molecule has 0 bridgehead atoms. The van der Waals surface area contributed by atoms with Crippen molar-refractivity contribution in [3.05, 3.63) is 0 Å². The maximum Gasteiger partial charge on any atom is 0.315 e. The van der Waals surface area contributed by atoms with Crippen molar-refractivity contribution >= 4 is 27.5 Å². The van der Waals surface area contributed by atoms with Crippen LogP contribution in [0.1, 0.15) is 13.8 Å². The largest absolute Gasteiger partial charge is 0.336 e. The van der Waals surface area contributed by atoms with Crippen molar-refractivity contribution in [2.45, 2.75) is 31.3 Å². The molecule has 1 aliphatic heterocycles. The number of rotatable bonds is 2. The summed E-state index contributed by atoms with van der Waals surface area (Å²) >= 11 is 5.82. The van der Waals surface area contributed by atoms with Gasteiger partial charge in [0.2, 0.25) is 0 Å². The summed E-state index contributed by atoms with van der Waals surface area (Å²) < 4.78 is 22.4. The Balaban J connectivity index is 2.50. The number of hydrogen-bond acceptors (Lipinski definition) is 3. The maximum atomic E-state index is 11.3. The molecule has 0 spiro atoms. The fourth-order valence-electron chi connectivity index (χ4n) is 1.41. The number of sulfone groups is 1. The van der Waals surface area contributed by atoms with Crippen LogP contribution in [0.3, 0.4) is 0 Å². The zero-order valence-electron chi connectivity index (χ0n) is 8.66. The molecule has 0 saturated carbocycles. The molecule has 0 aromatic rings. The first-order chi connectivity index (χ1) is 6.80. The minimum Gasteiger partial charge on any atom is -0.336 e. The van der Waals surface area contributed by atoms with Crippen LogP contribution in [0, 0.1) is 0 Å². The molecule has 1 fully saturated rings. The Morgan fingerprint density at radius 1 is 1.40 bits per heavy atom. The minimum atomic E-state index is -3.09. The van der Waals surface area contributed by atoms with Crippen molar-refractivity contribution in [2.24, 2.45) is 0 Å². The molecule has 2 amide bonds. The van der Waals surface area contributed by atoms with Crippen molar-refractivity contribution in [3.63, 3.8) is 0 Å². The van der Waals surface area contributed by atoms with E-state index in [1.165, 1.54) is 0 Å². The summed E-state index contributed by atoms with van der Waals surface area (Å²) in [6.07, 6.45) is 0. The monoisotopic (exact) mass is 254 g/mol. The average molecular weight is 255 g/mol. The standard InChI is InChI=1S/C8H15ClN2O3S/c1-5(2)10-8(12)11-7-4-15(13,14)3-6(7)9/h5-7H,3-4H2,1-2H3,(H2,10,11,12). The highest BCUT2D eigenvalue weighted by Crippen LogP contribution is 2.17. The first kappa shape index (κ1) is 12.6. The van der Waals surface area contributed by atoms with Crippen LogP contribution in [0.4, 0.5) is 4.79 Å². The molecule has 1 aliphatic rings. The molecule has 0 radical (unpaired) electrons. The maximum absolute atomic E-state index is 11.3. The van der Waals surface area contributed by atoms with Crippen molar-refractivity contribution in [2.75, 3.05) is 11.5 Å². The Kier molecular flexibility index (Phi) is 3.83. The zero-order chi connectivity index (χ0) is 11.6. The summed E-state index contributed by atoms with van der Waals surface area (Å²) in [6, 6.07) is -0.857. The van der Waals surface area contributed by atoms with E-state index in [0.717, 1.165) is 0 Å². The van der Waals surface area contributed by atoms with Gasteiger partial charge in [-0.1, -0.05) is 0 Å². The van der Waals surface area contributed by atoms with Crippen LogP contribution in [0.5, 0.6) is 0 Å². The quantitative estimate of drug-likeness (QED) is 0.687. The third-order valence-corrected chi connectivity index (χ3v) is 4.39. The van der Waals surface area contributed by atoms with Gasteiger partial charge in [0.05, 0.1) is 22.9 Å². The van der Waals surface area contributed by atoms with Gasteiger partial charge in [-0.25, -0.2) is 13.2 Å². The van der Waals surface area contributed by atoms with E-state index < -0.39 is 21.3 Å². The second-order valence-corrected chi connectivity index (χ2v) is 6.69. The summed E-state index contributed by atoms with van der Waals surface area (Å²) in [5.74, 6) is -0.145. The van der Waals surface area contributed by atoms with Gasteiger partial charge in [0.1, 0.15) is 0 Å². The van der Waals surface area contributed by atoms with Crippen LogP contribution in [-0.2, 0) is 9.84 Å². The highest BCUT2D eigenvalue weighted by atomic mass is 35.5. The second-order valence-electron chi connectivity index (χ2n) is 3.97. The van der Waals surface area contributed by atoms with Gasteiger partial charge in [0, 0.05) is 6.04 Å². The Morgan fingerprint density at radius 2 is 2.00 bits per heavy atom. The van der Waals surface area contributed by atoms with E-state index in [-0.39, 0.29) is 23.6 Å². The fraction of sp³-hybridized carbons (Fsp3) is 0.875. The number of halogens is 1. The van der Waals surface area contributed by atoms with Gasteiger partial charge >= 0.3 is 6.03 Å². The molecule has 0 aliphatic carbocycles. The summed E-state index contributed by atoms with van der Waals surface area (Å²) in [5.41, 5.74) is 0. The van der Waals surface area contributed by atoms with Gasteiger partial charge in [-0.3, -0.25) is 0 Å². The lowest BCUT2D eigenvalue weighted by Crippen LogP contribution is -2.47. The van der Waals surface area contributed by atoms with Gasteiger partial charge in [-0.05, 0) is 13.8 Å². The van der Waals surface area contributed by atoms with Crippen molar-refractivity contribution in [1.29, 1.82) is 0 Å². The highest BCUT2D eigenvalue weighted by molar-refractivity contribution is 7.91. The first-order valence-electron chi connectivity index (χ1n) is 4.71. The molecule has 1 saturated heterocycles. The molecule has 1 heterocycles. The van der Waals surface area contributed by atoms with Crippen molar-refractivity contribution in [1.82, 2.24) is 10.6 Å². The molecule has 0 aromatic heterocycles. The van der Waals surface area contributed by atoms with Crippen molar-refractivity contribution < 1.29 is 13.2 Å². The number of amides is 2. The lowest BCUT2D eigenvalue weighted by molar-refractivity contribution is 0.236. The predicted octanol–water partition coefficient (Wildman–Crippen LogP) is 0.0984.